The van der Waals surface area contributed by atoms with Crippen LogP contribution in [0.4, 0.5) is 0 Å². The second-order valence-electron chi connectivity index (χ2n) is 4.13. The fourth-order valence-electron chi connectivity index (χ4n) is 1.44. The lowest BCUT2D eigenvalue weighted by molar-refractivity contribution is 0.461. The molecule has 0 saturated heterocycles. The smallest absolute Gasteiger partial charge is 0.315 e. The van der Waals surface area contributed by atoms with E-state index in [1.54, 1.807) is 6.07 Å². The molecule has 0 amide bonds. The van der Waals surface area contributed by atoms with Gasteiger partial charge in [0.25, 0.3) is 0 Å². The molecule has 0 aliphatic carbocycles. The van der Waals surface area contributed by atoms with Gasteiger partial charge in [-0.1, -0.05) is 19.9 Å². The van der Waals surface area contributed by atoms with Crippen LogP contribution in [0.15, 0.2) is 27.8 Å². The number of rotatable bonds is 2. The van der Waals surface area contributed by atoms with E-state index < -0.39 is 9.84 Å². The van der Waals surface area contributed by atoms with Crippen molar-refractivity contribution in [3.8, 4) is 0 Å². The van der Waals surface area contributed by atoms with E-state index in [1.165, 1.54) is 0 Å². The van der Waals surface area contributed by atoms with Crippen molar-refractivity contribution in [2.24, 2.45) is 0 Å². The Bertz CT molecular complexity index is 626. The van der Waals surface area contributed by atoms with Gasteiger partial charge in [0, 0.05) is 6.26 Å². The van der Waals surface area contributed by atoms with E-state index in [0.717, 1.165) is 11.8 Å². The van der Waals surface area contributed by atoms with Gasteiger partial charge in [0.15, 0.2) is 5.58 Å². The Balaban J connectivity index is 2.63. The summed E-state index contributed by atoms with van der Waals surface area (Å²) in [5.74, 6) is 0.378. The van der Waals surface area contributed by atoms with Gasteiger partial charge in [-0.25, -0.2) is 8.42 Å². The number of hydrogen-bond donors (Lipinski definition) is 0. The molecular weight excluding hydrogens is 226 g/mol. The number of oxazole rings is 1. The van der Waals surface area contributed by atoms with Crippen LogP contribution in [0, 0.1) is 0 Å². The Morgan fingerprint density at radius 3 is 2.56 bits per heavy atom. The average Bonchev–Trinajstić information content (AvgIpc) is 2.58. The van der Waals surface area contributed by atoms with E-state index in [1.807, 2.05) is 12.1 Å². The molecule has 1 aromatic heterocycles. The predicted molar refractivity (Wildman–Crippen MR) is 61.2 cm³/mol. The Hall–Kier alpha value is -1.36. The molecule has 2 aromatic rings. The van der Waals surface area contributed by atoms with Crippen LogP contribution in [0.25, 0.3) is 11.1 Å². The summed E-state index contributed by atoms with van der Waals surface area (Å²) in [6, 6.07) is 5.54. The Labute approximate surface area is 94.2 Å². The highest BCUT2D eigenvalue weighted by molar-refractivity contribution is 7.90. The summed E-state index contributed by atoms with van der Waals surface area (Å²) < 4.78 is 27.7. The van der Waals surface area contributed by atoms with Gasteiger partial charge in [0.2, 0.25) is 9.84 Å². The molecule has 0 bridgehead atoms. The molecule has 86 valence electrons. The van der Waals surface area contributed by atoms with E-state index >= 15 is 0 Å². The number of benzene rings is 1. The third-order valence-corrected chi connectivity index (χ3v) is 3.18. The van der Waals surface area contributed by atoms with Crippen LogP contribution < -0.4 is 0 Å². The van der Waals surface area contributed by atoms with E-state index in [-0.39, 0.29) is 5.22 Å². The highest BCUT2D eigenvalue weighted by atomic mass is 32.2. The van der Waals surface area contributed by atoms with E-state index in [4.69, 9.17) is 4.42 Å². The quantitative estimate of drug-likeness (QED) is 0.807. The molecule has 0 spiro atoms. The molecule has 2 rings (SSSR count). The minimum absolute atomic E-state index is 0.219. The fraction of sp³-hybridized carbons (Fsp3) is 0.364. The molecule has 5 heteroatoms. The van der Waals surface area contributed by atoms with Gasteiger partial charge < -0.3 is 4.42 Å². The summed E-state index contributed by atoms with van der Waals surface area (Å²) in [6.45, 7) is 4.14. The zero-order chi connectivity index (χ0) is 11.9. The summed E-state index contributed by atoms with van der Waals surface area (Å²) in [4.78, 5) is 3.97. The first kappa shape index (κ1) is 11.1. The second kappa shape index (κ2) is 3.59. The second-order valence-corrected chi connectivity index (χ2v) is 6.03. The van der Waals surface area contributed by atoms with Gasteiger partial charge in [-0.15, -0.1) is 0 Å². The Kier molecular flexibility index (Phi) is 2.50. The fourth-order valence-corrected chi connectivity index (χ4v) is 1.95. The molecule has 1 heterocycles. The van der Waals surface area contributed by atoms with E-state index in [2.05, 4.69) is 18.8 Å². The lowest BCUT2D eigenvalue weighted by atomic mass is 10.0. The molecule has 1 aromatic carbocycles. The molecule has 4 nitrogen and oxygen atoms in total. The van der Waals surface area contributed by atoms with Gasteiger partial charge in [0.1, 0.15) is 5.52 Å². The van der Waals surface area contributed by atoms with Crippen LogP contribution in [0.5, 0.6) is 0 Å². The first-order chi connectivity index (χ1) is 7.38. The maximum atomic E-state index is 11.3. The van der Waals surface area contributed by atoms with Gasteiger partial charge in [-0.2, -0.15) is 4.98 Å². The minimum Gasteiger partial charge on any atom is -0.428 e. The zero-order valence-corrected chi connectivity index (χ0v) is 10.2. The van der Waals surface area contributed by atoms with Gasteiger partial charge >= 0.3 is 5.22 Å². The van der Waals surface area contributed by atoms with Gasteiger partial charge in [-0.05, 0) is 23.6 Å². The largest absolute Gasteiger partial charge is 0.428 e. The summed E-state index contributed by atoms with van der Waals surface area (Å²) in [5.41, 5.74) is 2.21. The van der Waals surface area contributed by atoms with Crippen molar-refractivity contribution in [2.45, 2.75) is 25.0 Å². The van der Waals surface area contributed by atoms with Crippen LogP contribution in [0.2, 0.25) is 0 Å². The lowest BCUT2D eigenvalue weighted by Crippen LogP contribution is -1.96. The van der Waals surface area contributed by atoms with Crippen LogP contribution in [-0.2, 0) is 9.84 Å². The number of sulfone groups is 1. The molecule has 0 fully saturated rings. The molecule has 16 heavy (non-hydrogen) atoms. The molecule has 0 N–H and O–H groups in total. The summed E-state index contributed by atoms with van der Waals surface area (Å²) in [5, 5.41) is -0.219. The number of nitrogens with zero attached hydrogens (tertiary/aromatic N) is 1. The Morgan fingerprint density at radius 1 is 1.31 bits per heavy atom. The molecule has 0 aliphatic heterocycles. The SMILES string of the molecule is CC(C)c1ccc2oc(S(C)(=O)=O)nc2c1. The van der Waals surface area contributed by atoms with Crippen molar-refractivity contribution in [3.63, 3.8) is 0 Å². The Morgan fingerprint density at radius 2 is 2.00 bits per heavy atom. The topological polar surface area (TPSA) is 60.2 Å². The molecule has 0 saturated carbocycles. The molecule has 0 atom stereocenters. The molecule has 0 radical (unpaired) electrons. The van der Waals surface area contributed by atoms with Crippen molar-refractivity contribution in [1.29, 1.82) is 0 Å². The van der Waals surface area contributed by atoms with Crippen LogP contribution in [0.1, 0.15) is 25.3 Å². The zero-order valence-electron chi connectivity index (χ0n) is 9.39. The van der Waals surface area contributed by atoms with Crippen molar-refractivity contribution in [1.82, 2.24) is 4.98 Å². The third kappa shape index (κ3) is 1.95. The van der Waals surface area contributed by atoms with Crippen molar-refractivity contribution in [3.05, 3.63) is 23.8 Å². The summed E-state index contributed by atoms with van der Waals surface area (Å²) in [7, 11) is -3.38. The van der Waals surface area contributed by atoms with E-state index in [9.17, 15) is 8.42 Å². The van der Waals surface area contributed by atoms with Crippen molar-refractivity contribution in [2.75, 3.05) is 6.26 Å². The standard InChI is InChI=1S/C11H13NO3S/c1-7(2)8-4-5-10-9(6-8)12-11(15-10)16(3,13)14/h4-7H,1-3H3. The van der Waals surface area contributed by atoms with E-state index in [0.29, 0.717) is 17.0 Å². The number of aromatic nitrogens is 1. The van der Waals surface area contributed by atoms with Gasteiger partial charge in [-0.3, -0.25) is 0 Å². The first-order valence-electron chi connectivity index (χ1n) is 4.98. The molecule has 0 aliphatic rings. The lowest BCUT2D eigenvalue weighted by Gasteiger charge is -2.02. The maximum Gasteiger partial charge on any atom is 0.315 e. The normalized spacial score (nSPS) is 12.5. The average molecular weight is 239 g/mol. The van der Waals surface area contributed by atoms with Crippen LogP contribution in [0.3, 0.4) is 0 Å². The monoisotopic (exact) mass is 239 g/mol. The highest BCUT2D eigenvalue weighted by Gasteiger charge is 2.16. The molecule has 0 unspecified atom stereocenters. The highest BCUT2D eigenvalue weighted by Crippen LogP contribution is 2.23. The number of hydrogen-bond acceptors (Lipinski definition) is 4. The first-order valence-corrected chi connectivity index (χ1v) is 6.87. The summed E-state index contributed by atoms with van der Waals surface area (Å²) in [6.07, 6.45) is 1.08. The third-order valence-electron chi connectivity index (χ3n) is 2.38. The van der Waals surface area contributed by atoms with Crippen LogP contribution in [-0.4, -0.2) is 19.7 Å². The van der Waals surface area contributed by atoms with Crippen LogP contribution >= 0.6 is 0 Å². The maximum absolute atomic E-state index is 11.3. The van der Waals surface area contributed by atoms with Crippen molar-refractivity contribution < 1.29 is 12.8 Å². The molecular formula is C11H13NO3S. The minimum atomic E-state index is -3.38. The van der Waals surface area contributed by atoms with Crippen molar-refractivity contribution >= 4 is 20.9 Å². The van der Waals surface area contributed by atoms with Gasteiger partial charge in [0.05, 0.1) is 0 Å². The summed E-state index contributed by atoms with van der Waals surface area (Å²) >= 11 is 0. The number of fused-ring (bicyclic) bond motifs is 1. The predicted octanol–water partition coefficient (Wildman–Crippen LogP) is 2.35.